The molecule has 0 radical (unpaired) electrons. The second-order valence-electron chi connectivity index (χ2n) is 6.51. The maximum atomic E-state index is 11.5. The van der Waals surface area contributed by atoms with Crippen molar-refractivity contribution in [2.45, 2.75) is 56.2 Å². The summed E-state index contributed by atoms with van der Waals surface area (Å²) in [6.45, 7) is 1.75. The zero-order valence-electron chi connectivity index (χ0n) is 12.4. The van der Waals surface area contributed by atoms with Crippen molar-refractivity contribution < 1.29 is 9.53 Å². The molecule has 2 atom stereocenters. The fourth-order valence-corrected chi connectivity index (χ4v) is 4.98. The lowest BCUT2D eigenvalue weighted by atomic mass is 9.85. The van der Waals surface area contributed by atoms with Gasteiger partial charge in [0.05, 0.1) is 5.60 Å². The molecule has 1 amide bonds. The van der Waals surface area contributed by atoms with E-state index >= 15 is 0 Å². The highest BCUT2D eigenvalue weighted by Gasteiger charge is 2.39. The number of nitrogens with zero attached hydrogens (tertiary/aromatic N) is 1. The van der Waals surface area contributed by atoms with E-state index in [1.54, 1.807) is 0 Å². The van der Waals surface area contributed by atoms with Gasteiger partial charge in [0.25, 0.3) is 0 Å². The van der Waals surface area contributed by atoms with Crippen LogP contribution in [0.3, 0.4) is 0 Å². The van der Waals surface area contributed by atoms with Gasteiger partial charge in [0, 0.05) is 38.7 Å². The molecule has 0 aromatic heterocycles. The van der Waals surface area contributed by atoms with E-state index in [9.17, 15) is 4.79 Å². The number of ether oxygens (including phenoxy) is 1. The second kappa shape index (κ2) is 6.24. The van der Waals surface area contributed by atoms with Crippen molar-refractivity contribution in [3.63, 3.8) is 0 Å². The molecule has 3 aliphatic heterocycles. The first-order chi connectivity index (χ1) is 9.67. The summed E-state index contributed by atoms with van der Waals surface area (Å²) >= 11 is 2.06. The van der Waals surface area contributed by atoms with E-state index in [4.69, 9.17) is 4.74 Å². The molecule has 1 spiro atoms. The number of amides is 1. The zero-order chi connectivity index (χ0) is 14.0. The summed E-state index contributed by atoms with van der Waals surface area (Å²) in [5, 5.41) is 3.80. The van der Waals surface area contributed by atoms with Crippen molar-refractivity contribution in [3.05, 3.63) is 0 Å². The maximum Gasteiger partial charge on any atom is 0.222 e. The number of likely N-dealkylation sites (tertiary alicyclic amines) is 1. The third-order valence-electron chi connectivity index (χ3n) is 5.00. The van der Waals surface area contributed by atoms with Crippen molar-refractivity contribution in [1.82, 2.24) is 10.2 Å². The summed E-state index contributed by atoms with van der Waals surface area (Å²) in [6.07, 6.45) is 6.37. The number of nitrogens with one attached hydrogen (secondary N) is 1. The van der Waals surface area contributed by atoms with Crippen LogP contribution in [-0.4, -0.2) is 60.2 Å². The van der Waals surface area contributed by atoms with Gasteiger partial charge in [-0.15, -0.1) is 0 Å². The van der Waals surface area contributed by atoms with Crippen LogP contribution in [0.15, 0.2) is 0 Å². The topological polar surface area (TPSA) is 41.6 Å². The summed E-state index contributed by atoms with van der Waals surface area (Å²) in [4.78, 5) is 13.4. The molecule has 3 fully saturated rings. The average Bonchev–Trinajstić information content (AvgIpc) is 2.44. The highest BCUT2D eigenvalue weighted by molar-refractivity contribution is 7.99. The molecule has 0 saturated carbocycles. The Kier molecular flexibility index (Phi) is 4.58. The van der Waals surface area contributed by atoms with Gasteiger partial charge in [-0.25, -0.2) is 0 Å². The minimum atomic E-state index is 0.150. The lowest BCUT2D eigenvalue weighted by Crippen LogP contribution is -2.54. The van der Waals surface area contributed by atoms with Crippen LogP contribution in [0.4, 0.5) is 0 Å². The highest BCUT2D eigenvalue weighted by atomic mass is 32.2. The van der Waals surface area contributed by atoms with Crippen LogP contribution in [0.2, 0.25) is 0 Å². The smallest absolute Gasteiger partial charge is 0.222 e. The van der Waals surface area contributed by atoms with E-state index < -0.39 is 0 Å². The molecule has 0 bridgehead atoms. The predicted molar refractivity (Wildman–Crippen MR) is 82.1 cm³/mol. The molecule has 114 valence electrons. The maximum absolute atomic E-state index is 11.5. The Labute approximate surface area is 126 Å². The zero-order valence-corrected chi connectivity index (χ0v) is 13.2. The van der Waals surface area contributed by atoms with Gasteiger partial charge in [-0.2, -0.15) is 11.8 Å². The van der Waals surface area contributed by atoms with Gasteiger partial charge in [-0.3, -0.25) is 4.79 Å². The normalized spacial score (nSPS) is 34.5. The first-order valence-electron chi connectivity index (χ1n) is 7.89. The molecule has 0 aromatic carbocycles. The Bertz CT molecular complexity index is 352. The molecule has 1 N–H and O–H groups in total. The van der Waals surface area contributed by atoms with Crippen LogP contribution in [0.25, 0.3) is 0 Å². The Morgan fingerprint density at radius 1 is 1.30 bits per heavy atom. The van der Waals surface area contributed by atoms with E-state index in [0.717, 1.165) is 32.4 Å². The minimum absolute atomic E-state index is 0.150. The molecule has 20 heavy (non-hydrogen) atoms. The highest BCUT2D eigenvalue weighted by Crippen LogP contribution is 2.37. The molecule has 0 aromatic rings. The third-order valence-corrected chi connectivity index (χ3v) is 5.98. The molecular weight excluding hydrogens is 272 g/mol. The standard InChI is InChI=1S/C15H26N2O2S/c1-17-11-13(2-3-14(17)18)16-12-4-7-19-15(10-12)5-8-20-9-6-15/h12-13,16H,2-11H2,1H3. The number of thioether (sulfide) groups is 1. The van der Waals surface area contributed by atoms with Crippen molar-refractivity contribution in [2.24, 2.45) is 0 Å². The molecule has 3 heterocycles. The lowest BCUT2D eigenvalue weighted by Gasteiger charge is -2.45. The van der Waals surface area contributed by atoms with Gasteiger partial charge in [-0.05, 0) is 43.6 Å². The van der Waals surface area contributed by atoms with Gasteiger partial charge >= 0.3 is 0 Å². The van der Waals surface area contributed by atoms with E-state index in [-0.39, 0.29) is 11.5 Å². The monoisotopic (exact) mass is 298 g/mol. The average molecular weight is 298 g/mol. The van der Waals surface area contributed by atoms with Crippen molar-refractivity contribution in [3.8, 4) is 0 Å². The molecule has 2 unspecified atom stereocenters. The first kappa shape index (κ1) is 14.7. The van der Waals surface area contributed by atoms with Crippen LogP contribution in [-0.2, 0) is 9.53 Å². The summed E-state index contributed by atoms with van der Waals surface area (Å²) in [6, 6.07) is 1.04. The molecule has 0 aliphatic carbocycles. The molecule has 3 aliphatic rings. The van der Waals surface area contributed by atoms with Crippen LogP contribution >= 0.6 is 11.8 Å². The van der Waals surface area contributed by atoms with Crippen molar-refractivity contribution in [2.75, 3.05) is 31.7 Å². The number of likely N-dealkylation sites (N-methyl/N-ethyl adjacent to an activating group) is 1. The Morgan fingerprint density at radius 2 is 2.10 bits per heavy atom. The number of piperidine rings is 1. The van der Waals surface area contributed by atoms with E-state index in [0.29, 0.717) is 18.5 Å². The second-order valence-corrected chi connectivity index (χ2v) is 7.73. The number of hydrogen-bond donors (Lipinski definition) is 1. The third kappa shape index (κ3) is 3.31. The Morgan fingerprint density at radius 3 is 2.85 bits per heavy atom. The first-order valence-corrected chi connectivity index (χ1v) is 9.04. The van der Waals surface area contributed by atoms with Crippen LogP contribution in [0, 0.1) is 0 Å². The van der Waals surface area contributed by atoms with Gasteiger partial charge in [0.2, 0.25) is 5.91 Å². The van der Waals surface area contributed by atoms with Crippen LogP contribution < -0.4 is 5.32 Å². The number of carbonyl (C=O) groups is 1. The van der Waals surface area contributed by atoms with Crippen LogP contribution in [0.5, 0.6) is 0 Å². The van der Waals surface area contributed by atoms with E-state index in [2.05, 4.69) is 17.1 Å². The summed E-state index contributed by atoms with van der Waals surface area (Å²) < 4.78 is 6.15. The van der Waals surface area contributed by atoms with E-state index in [1.807, 2.05) is 11.9 Å². The van der Waals surface area contributed by atoms with Gasteiger partial charge in [0.1, 0.15) is 0 Å². The lowest BCUT2D eigenvalue weighted by molar-refractivity contribution is -0.133. The SMILES string of the molecule is CN1CC(NC2CCOC3(CCSCC3)C2)CCC1=O. The fraction of sp³-hybridized carbons (Fsp3) is 0.933. The van der Waals surface area contributed by atoms with Gasteiger partial charge < -0.3 is 15.0 Å². The molecular formula is C15H26N2O2S. The molecule has 4 nitrogen and oxygen atoms in total. The summed E-state index contributed by atoms with van der Waals surface area (Å²) in [5.41, 5.74) is 0.150. The Hall–Kier alpha value is -0.260. The van der Waals surface area contributed by atoms with Gasteiger partial charge in [0.15, 0.2) is 0 Å². The number of hydrogen-bond acceptors (Lipinski definition) is 4. The predicted octanol–water partition coefficient (Wildman–Crippen LogP) is 1.64. The molecule has 3 rings (SSSR count). The van der Waals surface area contributed by atoms with E-state index in [1.165, 1.54) is 24.3 Å². The van der Waals surface area contributed by atoms with Gasteiger partial charge in [-0.1, -0.05) is 0 Å². The molecule has 3 saturated heterocycles. The fourth-order valence-electron chi connectivity index (χ4n) is 3.74. The van der Waals surface area contributed by atoms with Crippen LogP contribution in [0.1, 0.15) is 38.5 Å². The number of carbonyl (C=O) groups excluding carboxylic acids is 1. The summed E-state index contributed by atoms with van der Waals surface area (Å²) in [7, 11) is 1.92. The van der Waals surface area contributed by atoms with Crippen molar-refractivity contribution in [1.29, 1.82) is 0 Å². The summed E-state index contributed by atoms with van der Waals surface area (Å²) in [5.74, 6) is 2.77. The van der Waals surface area contributed by atoms with Crippen molar-refractivity contribution >= 4 is 17.7 Å². The molecule has 5 heteroatoms. The quantitative estimate of drug-likeness (QED) is 0.841. The Balaban J connectivity index is 1.53. The largest absolute Gasteiger partial charge is 0.375 e. The minimum Gasteiger partial charge on any atom is -0.375 e. The number of rotatable bonds is 2.